The Balaban J connectivity index is 2.28. The number of aliphatic hydroxyl groups excluding tert-OH is 1. The third-order valence-electron chi connectivity index (χ3n) is 3.69. The van der Waals surface area contributed by atoms with Crippen molar-refractivity contribution in [2.45, 2.75) is 45.6 Å². The largest absolute Gasteiger partial charge is 0.396 e. The van der Waals surface area contributed by atoms with Crippen LogP contribution >= 0.6 is 0 Å². The minimum atomic E-state index is 0.338. The molecule has 0 amide bonds. The van der Waals surface area contributed by atoms with Crippen LogP contribution in [-0.4, -0.2) is 48.8 Å². The van der Waals surface area contributed by atoms with Gasteiger partial charge in [0.2, 0.25) is 0 Å². The Morgan fingerprint density at radius 1 is 1.31 bits per heavy atom. The lowest BCUT2D eigenvalue weighted by molar-refractivity contribution is 0.131. The summed E-state index contributed by atoms with van der Waals surface area (Å²) in [6, 6.07) is 0.726. The molecule has 1 rings (SSSR count). The van der Waals surface area contributed by atoms with Crippen LogP contribution in [0.4, 0.5) is 0 Å². The van der Waals surface area contributed by atoms with Gasteiger partial charge in [0.1, 0.15) is 0 Å². The molecular formula is C13H28N2O. The van der Waals surface area contributed by atoms with Gasteiger partial charge in [-0.25, -0.2) is 0 Å². The Morgan fingerprint density at radius 2 is 2.12 bits per heavy atom. The van der Waals surface area contributed by atoms with Crippen molar-refractivity contribution >= 4 is 0 Å². The van der Waals surface area contributed by atoms with Crippen LogP contribution in [0.1, 0.15) is 39.5 Å². The van der Waals surface area contributed by atoms with E-state index < -0.39 is 0 Å². The van der Waals surface area contributed by atoms with Crippen molar-refractivity contribution in [1.82, 2.24) is 10.2 Å². The Bertz CT molecular complexity index is 175. The number of likely N-dealkylation sites (tertiary alicyclic amines) is 1. The van der Waals surface area contributed by atoms with E-state index in [1.807, 2.05) is 0 Å². The number of piperidine rings is 1. The number of unbranched alkanes of at least 4 members (excludes halogenated alkanes) is 1. The van der Waals surface area contributed by atoms with Gasteiger partial charge in [-0.15, -0.1) is 0 Å². The van der Waals surface area contributed by atoms with Crippen LogP contribution in [0, 0.1) is 5.92 Å². The predicted molar refractivity (Wildman–Crippen MR) is 68.6 cm³/mol. The lowest BCUT2D eigenvalue weighted by atomic mass is 9.90. The van der Waals surface area contributed by atoms with Crippen LogP contribution in [0.15, 0.2) is 0 Å². The minimum absolute atomic E-state index is 0.338. The maximum absolute atomic E-state index is 8.78. The molecule has 0 aliphatic carbocycles. The molecular weight excluding hydrogens is 200 g/mol. The predicted octanol–water partition coefficient (Wildman–Crippen LogP) is 1.47. The summed E-state index contributed by atoms with van der Waals surface area (Å²) in [7, 11) is 0. The highest BCUT2D eigenvalue weighted by atomic mass is 16.2. The standard InChI is InChI=1S/C13H28N2O/c1-3-12-11-15(8-5-6-10-16)9-7-13(12)14-4-2/h12-14,16H,3-11H2,1-2H3. The first-order valence-electron chi connectivity index (χ1n) is 6.88. The van der Waals surface area contributed by atoms with Crippen molar-refractivity contribution in [3.63, 3.8) is 0 Å². The Morgan fingerprint density at radius 3 is 2.75 bits per heavy atom. The van der Waals surface area contributed by atoms with E-state index in [2.05, 4.69) is 24.1 Å². The molecule has 2 atom stereocenters. The summed E-state index contributed by atoms with van der Waals surface area (Å²) >= 11 is 0. The van der Waals surface area contributed by atoms with Crippen molar-refractivity contribution in [1.29, 1.82) is 0 Å². The molecule has 0 saturated carbocycles. The van der Waals surface area contributed by atoms with Crippen molar-refractivity contribution in [2.75, 3.05) is 32.8 Å². The molecule has 0 radical (unpaired) electrons. The van der Waals surface area contributed by atoms with E-state index in [1.54, 1.807) is 0 Å². The summed E-state index contributed by atoms with van der Waals surface area (Å²) in [6.45, 7) is 9.54. The quantitative estimate of drug-likeness (QED) is 0.648. The van der Waals surface area contributed by atoms with E-state index in [0.717, 1.165) is 37.9 Å². The first-order valence-corrected chi connectivity index (χ1v) is 6.88. The maximum atomic E-state index is 8.78. The fraction of sp³-hybridized carbons (Fsp3) is 1.00. The van der Waals surface area contributed by atoms with Gasteiger partial charge >= 0.3 is 0 Å². The molecule has 2 N–H and O–H groups in total. The maximum Gasteiger partial charge on any atom is 0.0431 e. The van der Waals surface area contributed by atoms with Crippen LogP contribution in [0.2, 0.25) is 0 Å². The molecule has 0 bridgehead atoms. The van der Waals surface area contributed by atoms with Gasteiger partial charge in [0.15, 0.2) is 0 Å². The fourth-order valence-corrected chi connectivity index (χ4v) is 2.70. The van der Waals surface area contributed by atoms with Gasteiger partial charge in [0.25, 0.3) is 0 Å². The van der Waals surface area contributed by atoms with Gasteiger partial charge in [0, 0.05) is 19.2 Å². The number of hydrogen-bond acceptors (Lipinski definition) is 3. The monoisotopic (exact) mass is 228 g/mol. The second kappa shape index (κ2) is 8.04. The molecule has 0 aromatic carbocycles. The highest BCUT2D eigenvalue weighted by molar-refractivity contribution is 4.84. The highest BCUT2D eigenvalue weighted by Crippen LogP contribution is 2.20. The van der Waals surface area contributed by atoms with Gasteiger partial charge in [-0.05, 0) is 44.8 Å². The molecule has 1 aliphatic rings. The Kier molecular flexibility index (Phi) is 7.01. The summed E-state index contributed by atoms with van der Waals surface area (Å²) in [4.78, 5) is 2.57. The van der Waals surface area contributed by atoms with E-state index in [1.165, 1.54) is 25.9 Å². The van der Waals surface area contributed by atoms with Crippen molar-refractivity contribution in [3.05, 3.63) is 0 Å². The average Bonchev–Trinajstić information content (AvgIpc) is 2.31. The smallest absolute Gasteiger partial charge is 0.0431 e. The second-order valence-corrected chi connectivity index (χ2v) is 4.85. The van der Waals surface area contributed by atoms with Crippen LogP contribution in [-0.2, 0) is 0 Å². The van der Waals surface area contributed by atoms with E-state index in [4.69, 9.17) is 5.11 Å². The highest BCUT2D eigenvalue weighted by Gasteiger charge is 2.26. The summed E-state index contributed by atoms with van der Waals surface area (Å²) in [6.07, 6.45) is 4.64. The zero-order valence-corrected chi connectivity index (χ0v) is 10.9. The third kappa shape index (κ3) is 4.40. The number of hydrogen-bond donors (Lipinski definition) is 2. The zero-order valence-electron chi connectivity index (χ0n) is 10.9. The van der Waals surface area contributed by atoms with Gasteiger partial charge in [-0.2, -0.15) is 0 Å². The normalized spacial score (nSPS) is 27.2. The average molecular weight is 228 g/mol. The molecule has 1 saturated heterocycles. The molecule has 0 spiro atoms. The topological polar surface area (TPSA) is 35.5 Å². The molecule has 0 aromatic rings. The number of nitrogens with one attached hydrogen (secondary N) is 1. The molecule has 1 heterocycles. The molecule has 96 valence electrons. The molecule has 2 unspecified atom stereocenters. The number of nitrogens with zero attached hydrogens (tertiary/aromatic N) is 1. The van der Waals surface area contributed by atoms with Crippen LogP contribution in [0.5, 0.6) is 0 Å². The van der Waals surface area contributed by atoms with Gasteiger partial charge in [0.05, 0.1) is 0 Å². The van der Waals surface area contributed by atoms with Crippen LogP contribution in [0.3, 0.4) is 0 Å². The lowest BCUT2D eigenvalue weighted by Crippen LogP contribution is -2.49. The van der Waals surface area contributed by atoms with E-state index in [0.29, 0.717) is 6.61 Å². The van der Waals surface area contributed by atoms with Crippen molar-refractivity contribution in [3.8, 4) is 0 Å². The fourth-order valence-electron chi connectivity index (χ4n) is 2.70. The van der Waals surface area contributed by atoms with Crippen molar-refractivity contribution in [2.24, 2.45) is 5.92 Å². The van der Waals surface area contributed by atoms with E-state index in [-0.39, 0.29) is 0 Å². The third-order valence-corrected chi connectivity index (χ3v) is 3.69. The molecule has 1 aliphatic heterocycles. The summed E-state index contributed by atoms with van der Waals surface area (Å²) < 4.78 is 0. The minimum Gasteiger partial charge on any atom is -0.396 e. The summed E-state index contributed by atoms with van der Waals surface area (Å²) in [5.74, 6) is 0.808. The number of rotatable bonds is 7. The van der Waals surface area contributed by atoms with E-state index >= 15 is 0 Å². The zero-order chi connectivity index (χ0) is 11.8. The molecule has 1 fully saturated rings. The van der Waals surface area contributed by atoms with Crippen molar-refractivity contribution < 1.29 is 5.11 Å². The summed E-state index contributed by atoms with van der Waals surface area (Å²) in [5.41, 5.74) is 0. The SMILES string of the molecule is CCNC1CCN(CCCCO)CC1CC. The number of aliphatic hydroxyl groups is 1. The van der Waals surface area contributed by atoms with Gasteiger partial charge in [-0.1, -0.05) is 20.3 Å². The first-order chi connectivity index (χ1) is 7.81. The molecule has 16 heavy (non-hydrogen) atoms. The van der Waals surface area contributed by atoms with E-state index in [9.17, 15) is 0 Å². The Labute approximate surface area is 100 Å². The Hall–Kier alpha value is -0.120. The second-order valence-electron chi connectivity index (χ2n) is 4.85. The molecule has 0 aromatic heterocycles. The first kappa shape index (κ1) is 13.9. The van der Waals surface area contributed by atoms with Gasteiger partial charge < -0.3 is 15.3 Å². The molecule has 3 nitrogen and oxygen atoms in total. The van der Waals surface area contributed by atoms with Crippen LogP contribution < -0.4 is 5.32 Å². The summed E-state index contributed by atoms with van der Waals surface area (Å²) in [5, 5.41) is 12.4. The lowest BCUT2D eigenvalue weighted by Gasteiger charge is -2.38. The van der Waals surface area contributed by atoms with Crippen LogP contribution in [0.25, 0.3) is 0 Å². The van der Waals surface area contributed by atoms with Gasteiger partial charge in [-0.3, -0.25) is 0 Å². The molecule has 3 heteroatoms.